The second-order valence-electron chi connectivity index (χ2n) is 5.26. The topological polar surface area (TPSA) is 0 Å². The number of rotatable bonds is 1. The van der Waals surface area contributed by atoms with E-state index < -0.39 is 11.7 Å². The van der Waals surface area contributed by atoms with Crippen molar-refractivity contribution < 1.29 is 13.2 Å². The van der Waals surface area contributed by atoms with Crippen LogP contribution in [0.25, 0.3) is 0 Å². The van der Waals surface area contributed by atoms with Crippen LogP contribution in [-0.4, -0.2) is 0 Å². The van der Waals surface area contributed by atoms with Gasteiger partial charge in [-0.2, -0.15) is 13.2 Å². The second-order valence-corrected chi connectivity index (χ2v) is 5.26. The van der Waals surface area contributed by atoms with Gasteiger partial charge >= 0.3 is 6.18 Å². The maximum Gasteiger partial charge on any atom is 0.416 e. The van der Waals surface area contributed by atoms with Gasteiger partial charge in [0.05, 0.1) is 5.56 Å². The molecule has 0 unspecified atom stereocenters. The van der Waals surface area contributed by atoms with Crippen molar-refractivity contribution in [3.05, 3.63) is 34.9 Å². The first kappa shape index (κ1) is 13.4. The van der Waals surface area contributed by atoms with Crippen LogP contribution in [0.3, 0.4) is 0 Å². The SMILES string of the molecule is Cc1ccc(C2CCCCCC2)cc1C(F)(F)F. The normalized spacial score (nSPS) is 18.7. The lowest BCUT2D eigenvalue weighted by atomic mass is 9.89. The first-order chi connectivity index (χ1) is 8.48. The summed E-state index contributed by atoms with van der Waals surface area (Å²) in [6, 6.07) is 4.86. The molecule has 0 atom stereocenters. The van der Waals surface area contributed by atoms with Gasteiger partial charge in [0, 0.05) is 0 Å². The summed E-state index contributed by atoms with van der Waals surface area (Å²) in [6.07, 6.45) is 2.54. The molecule has 0 bridgehead atoms. The average molecular weight is 256 g/mol. The molecule has 1 aliphatic rings. The molecular formula is C15H19F3. The van der Waals surface area contributed by atoms with E-state index in [1.54, 1.807) is 6.07 Å². The van der Waals surface area contributed by atoms with Crippen molar-refractivity contribution >= 4 is 0 Å². The maximum atomic E-state index is 12.9. The summed E-state index contributed by atoms with van der Waals surface area (Å²) in [5.41, 5.74) is 0.721. The zero-order valence-corrected chi connectivity index (χ0v) is 10.7. The summed E-state index contributed by atoms with van der Waals surface area (Å²) < 4.78 is 38.6. The molecule has 0 aromatic heterocycles. The third-order valence-corrected chi connectivity index (χ3v) is 3.89. The number of halogens is 3. The van der Waals surface area contributed by atoms with Gasteiger partial charge in [0.25, 0.3) is 0 Å². The van der Waals surface area contributed by atoms with Crippen LogP contribution < -0.4 is 0 Å². The Kier molecular flexibility index (Phi) is 3.98. The molecule has 1 aromatic carbocycles. The summed E-state index contributed by atoms with van der Waals surface area (Å²) in [6.45, 7) is 1.53. The Balaban J connectivity index is 2.28. The quantitative estimate of drug-likeness (QED) is 0.586. The van der Waals surface area contributed by atoms with E-state index in [4.69, 9.17) is 0 Å². The zero-order chi connectivity index (χ0) is 13.2. The molecule has 0 heterocycles. The van der Waals surface area contributed by atoms with Crippen LogP contribution in [0.4, 0.5) is 13.2 Å². The van der Waals surface area contributed by atoms with Crippen molar-refractivity contribution in [3.8, 4) is 0 Å². The van der Waals surface area contributed by atoms with E-state index in [9.17, 15) is 13.2 Å². The second kappa shape index (κ2) is 5.33. The van der Waals surface area contributed by atoms with E-state index in [-0.39, 0.29) is 0 Å². The highest BCUT2D eigenvalue weighted by Gasteiger charge is 2.33. The van der Waals surface area contributed by atoms with Gasteiger partial charge in [-0.05, 0) is 42.9 Å². The van der Waals surface area contributed by atoms with E-state index in [0.29, 0.717) is 11.5 Å². The minimum absolute atomic E-state index is 0.314. The largest absolute Gasteiger partial charge is 0.416 e. The highest BCUT2D eigenvalue weighted by atomic mass is 19.4. The number of benzene rings is 1. The molecule has 0 amide bonds. The van der Waals surface area contributed by atoms with Crippen LogP contribution in [0, 0.1) is 6.92 Å². The van der Waals surface area contributed by atoms with Crippen molar-refractivity contribution in [1.82, 2.24) is 0 Å². The smallest absolute Gasteiger partial charge is 0.166 e. The summed E-state index contributed by atoms with van der Waals surface area (Å²) in [7, 11) is 0. The van der Waals surface area contributed by atoms with Gasteiger partial charge in [-0.15, -0.1) is 0 Å². The minimum atomic E-state index is -4.23. The third-order valence-electron chi connectivity index (χ3n) is 3.89. The van der Waals surface area contributed by atoms with E-state index in [1.807, 2.05) is 6.07 Å². The lowest BCUT2D eigenvalue weighted by Crippen LogP contribution is -2.09. The van der Waals surface area contributed by atoms with Gasteiger partial charge < -0.3 is 0 Å². The number of alkyl halides is 3. The van der Waals surface area contributed by atoms with Gasteiger partial charge in [-0.25, -0.2) is 0 Å². The predicted octanol–water partition coefficient (Wildman–Crippen LogP) is 5.45. The zero-order valence-electron chi connectivity index (χ0n) is 10.7. The Hall–Kier alpha value is -0.990. The fraction of sp³-hybridized carbons (Fsp3) is 0.600. The van der Waals surface area contributed by atoms with Crippen molar-refractivity contribution in [2.45, 2.75) is 57.5 Å². The third kappa shape index (κ3) is 3.06. The van der Waals surface area contributed by atoms with Crippen LogP contribution in [0.5, 0.6) is 0 Å². The molecule has 18 heavy (non-hydrogen) atoms. The van der Waals surface area contributed by atoms with Crippen LogP contribution in [-0.2, 0) is 6.18 Å². The fourth-order valence-electron chi connectivity index (χ4n) is 2.81. The Morgan fingerprint density at radius 3 is 2.17 bits per heavy atom. The van der Waals surface area contributed by atoms with Crippen LogP contribution in [0.15, 0.2) is 18.2 Å². The minimum Gasteiger partial charge on any atom is -0.166 e. The standard InChI is InChI=1S/C15H19F3/c1-11-8-9-13(10-14(11)15(16,17)18)12-6-4-2-3-5-7-12/h8-10,12H,2-7H2,1H3. The fourth-order valence-corrected chi connectivity index (χ4v) is 2.81. The Labute approximate surface area is 106 Å². The van der Waals surface area contributed by atoms with E-state index >= 15 is 0 Å². The first-order valence-electron chi connectivity index (χ1n) is 6.66. The van der Waals surface area contributed by atoms with Gasteiger partial charge in [-0.3, -0.25) is 0 Å². The average Bonchev–Trinajstić information content (AvgIpc) is 2.56. The molecule has 100 valence electrons. The lowest BCUT2D eigenvalue weighted by Gasteiger charge is -2.18. The maximum absolute atomic E-state index is 12.9. The Morgan fingerprint density at radius 1 is 1.00 bits per heavy atom. The molecule has 0 saturated heterocycles. The summed E-state index contributed by atoms with van der Waals surface area (Å²) in [5, 5.41) is 0. The Morgan fingerprint density at radius 2 is 1.61 bits per heavy atom. The van der Waals surface area contributed by atoms with E-state index in [1.165, 1.54) is 25.8 Å². The molecular weight excluding hydrogens is 237 g/mol. The highest BCUT2D eigenvalue weighted by Crippen LogP contribution is 2.37. The number of hydrogen-bond donors (Lipinski definition) is 0. The van der Waals surface area contributed by atoms with Crippen molar-refractivity contribution in [3.63, 3.8) is 0 Å². The first-order valence-corrected chi connectivity index (χ1v) is 6.66. The molecule has 1 aromatic rings. The molecule has 0 nitrogen and oxygen atoms in total. The predicted molar refractivity (Wildman–Crippen MR) is 66.6 cm³/mol. The molecule has 2 rings (SSSR count). The van der Waals surface area contributed by atoms with Crippen molar-refractivity contribution in [2.24, 2.45) is 0 Å². The van der Waals surface area contributed by atoms with Crippen LogP contribution in [0.2, 0.25) is 0 Å². The van der Waals surface area contributed by atoms with Crippen LogP contribution >= 0.6 is 0 Å². The summed E-state index contributed by atoms with van der Waals surface area (Å²) in [4.78, 5) is 0. The molecule has 0 aliphatic heterocycles. The van der Waals surface area contributed by atoms with E-state index in [2.05, 4.69) is 0 Å². The molecule has 0 spiro atoms. The molecule has 1 fully saturated rings. The van der Waals surface area contributed by atoms with Gasteiger partial charge in [0.2, 0.25) is 0 Å². The Bertz CT molecular complexity index is 399. The van der Waals surface area contributed by atoms with Gasteiger partial charge in [0.1, 0.15) is 0 Å². The molecule has 1 saturated carbocycles. The van der Waals surface area contributed by atoms with Crippen LogP contribution in [0.1, 0.15) is 61.1 Å². The van der Waals surface area contributed by atoms with Gasteiger partial charge in [0.15, 0.2) is 0 Å². The molecule has 1 aliphatic carbocycles. The summed E-state index contributed by atoms with van der Waals surface area (Å²) >= 11 is 0. The number of aryl methyl sites for hydroxylation is 1. The molecule has 0 N–H and O–H groups in total. The highest BCUT2D eigenvalue weighted by molar-refractivity contribution is 5.35. The number of hydrogen-bond acceptors (Lipinski definition) is 0. The molecule has 3 heteroatoms. The monoisotopic (exact) mass is 256 g/mol. The summed E-state index contributed by atoms with van der Waals surface area (Å²) in [5.74, 6) is 0.314. The van der Waals surface area contributed by atoms with Gasteiger partial charge in [-0.1, -0.05) is 37.8 Å². The van der Waals surface area contributed by atoms with E-state index in [0.717, 1.165) is 31.2 Å². The van der Waals surface area contributed by atoms with Crippen molar-refractivity contribution in [2.75, 3.05) is 0 Å². The van der Waals surface area contributed by atoms with Crippen molar-refractivity contribution in [1.29, 1.82) is 0 Å². The lowest BCUT2D eigenvalue weighted by molar-refractivity contribution is -0.138. The molecule has 0 radical (unpaired) electrons.